The molecule has 1 aliphatic carbocycles. The average Bonchev–Trinajstić information content (AvgIpc) is 1.33. The maximum Gasteiger partial charge on any atom is 0.407 e. The molecule has 11 N–H and O–H groups in total. The Morgan fingerprint density at radius 1 is 0.698 bits per heavy atom. The van der Waals surface area contributed by atoms with E-state index in [2.05, 4.69) is 38.5 Å². The van der Waals surface area contributed by atoms with E-state index in [4.69, 9.17) is 88.3 Å². The number of benzene rings is 2. The van der Waals surface area contributed by atoms with Crippen LogP contribution in [0.2, 0.25) is 0 Å². The summed E-state index contributed by atoms with van der Waals surface area (Å²) >= 11 is 0. The van der Waals surface area contributed by atoms with Crippen molar-refractivity contribution < 1.29 is 115 Å². The summed E-state index contributed by atoms with van der Waals surface area (Å²) in [6, 6.07) is 9.67. The SMILES string of the molecule is CO[C@H]1C[C@@H]2CC[C@@H](C)[C@@](O)(O2)C(=O)C(=O)N2CCCC[C@H]2C(=O)O[C@H]([C@H](N)C[C@@H]2CC[C@@H](O)[C@H](OC)C2)C[C@@H](OC(=O)NCCOCCOCCOCCOCCOCCOCCOCCOCCC(=O)N2CCc3cc(Cn4nc(-c5ccc6oc(N)nc6c5)c5c(N)ncnc54)ccc3C2)[C@H](C)/C=C(\C)[C@@H](O)[C@@H](O)C(=O)[C@H](C)C[C@H](C)/C=C/C=C/C=C/1C. The van der Waals surface area contributed by atoms with Crippen LogP contribution < -0.4 is 22.5 Å². The number of cyclic esters (lactones) is 1. The third kappa shape index (κ3) is 29.0. The zero-order valence-corrected chi connectivity index (χ0v) is 74.2. The Hall–Kier alpha value is -8.60. The molecule has 3 amide bonds. The number of nitrogens with one attached hydrogen (secondary N) is 1. The van der Waals surface area contributed by atoms with Gasteiger partial charge in [0.15, 0.2) is 17.0 Å². The van der Waals surface area contributed by atoms with Crippen molar-refractivity contribution in [3.05, 3.63) is 107 Å². The third-order valence-electron chi connectivity index (χ3n) is 24.2. The van der Waals surface area contributed by atoms with Crippen LogP contribution in [0, 0.1) is 29.6 Å². The van der Waals surface area contributed by atoms with Crippen molar-refractivity contribution in [2.75, 3.05) is 151 Å². The molecule has 35 heteroatoms. The number of nitrogens with zero attached hydrogens (tertiary/aromatic N) is 7. The molecule has 7 heterocycles. The molecule has 16 atom stereocenters. The van der Waals surface area contributed by atoms with Crippen LogP contribution in [0.5, 0.6) is 0 Å². The number of piperidine rings is 1. The van der Waals surface area contributed by atoms with Crippen LogP contribution in [0.25, 0.3) is 33.4 Å². The van der Waals surface area contributed by atoms with Gasteiger partial charge in [0.2, 0.25) is 11.7 Å². The zero-order valence-electron chi connectivity index (χ0n) is 74.2. The fraction of sp³-hybridized carbons (Fsp3) is 0.648. The molecule has 2 bridgehead atoms. The molecule has 10 rings (SSSR count). The highest BCUT2D eigenvalue weighted by atomic mass is 16.6. The van der Waals surface area contributed by atoms with Crippen LogP contribution in [0.3, 0.4) is 0 Å². The molecule has 2 aromatic carbocycles. The van der Waals surface area contributed by atoms with Gasteiger partial charge in [-0.1, -0.05) is 82.4 Å². The highest BCUT2D eigenvalue weighted by molar-refractivity contribution is 6.39. The molecule has 126 heavy (non-hydrogen) atoms. The van der Waals surface area contributed by atoms with E-state index in [1.165, 1.54) is 19.0 Å². The summed E-state index contributed by atoms with van der Waals surface area (Å²) in [6.45, 7) is 17.1. The summed E-state index contributed by atoms with van der Waals surface area (Å²) in [7, 11) is 3.07. The molecule has 5 aromatic rings. The van der Waals surface area contributed by atoms with Crippen LogP contribution in [0.15, 0.2) is 94.7 Å². The number of alkyl carbamates (subject to hydrolysis) is 1. The number of fused-ring (bicyclic) bond motifs is 6. The topological polar surface area (TPSA) is 470 Å². The summed E-state index contributed by atoms with van der Waals surface area (Å²) in [5.74, 6) is -8.38. The molecular formula is C91H133N11O24. The van der Waals surface area contributed by atoms with E-state index < -0.39 is 114 Å². The number of nitrogens with two attached hydrogens (primary N) is 3. The van der Waals surface area contributed by atoms with Gasteiger partial charge in [-0.3, -0.25) is 19.2 Å². The van der Waals surface area contributed by atoms with E-state index in [-0.39, 0.29) is 101 Å². The number of hydrogen-bond acceptors (Lipinski definition) is 31. The number of esters is 1. The predicted molar refractivity (Wildman–Crippen MR) is 465 cm³/mol. The van der Waals surface area contributed by atoms with Gasteiger partial charge < -0.3 is 119 Å². The maximum atomic E-state index is 14.9. The first-order valence-corrected chi connectivity index (χ1v) is 44.4. The van der Waals surface area contributed by atoms with Gasteiger partial charge in [-0.15, -0.1) is 0 Å². The number of allylic oxidation sites excluding steroid dienone is 5. The Labute approximate surface area is 737 Å². The molecule has 3 aromatic heterocycles. The Morgan fingerprint density at radius 2 is 1.37 bits per heavy atom. The van der Waals surface area contributed by atoms with Gasteiger partial charge in [0.05, 0.1) is 148 Å². The molecule has 4 aliphatic heterocycles. The minimum Gasteiger partial charge on any atom is -0.459 e. The lowest BCUT2D eigenvalue weighted by molar-refractivity contribution is -0.265. The second-order valence-electron chi connectivity index (χ2n) is 33.6. The van der Waals surface area contributed by atoms with Crippen molar-refractivity contribution >= 4 is 69.4 Å². The van der Waals surface area contributed by atoms with Crippen LogP contribution in [-0.2, 0) is 105 Å². The Kier molecular flexibility index (Phi) is 39.8. The number of oxazole rings is 1. The zero-order chi connectivity index (χ0) is 90.2. The summed E-state index contributed by atoms with van der Waals surface area (Å²) in [6.07, 6.45) is 8.22. The Balaban J connectivity index is 0.598. The first-order valence-electron chi connectivity index (χ1n) is 44.4. The highest BCUT2D eigenvalue weighted by Crippen LogP contribution is 2.39. The minimum absolute atomic E-state index is 0.00652. The summed E-state index contributed by atoms with van der Waals surface area (Å²) in [4.78, 5) is 101. The number of aliphatic hydroxyl groups excluding tert-OH is 3. The standard InChI is InChI=1S/C91H133N11O24/c1-57-14-10-9-11-15-58(2)74(113-7)52-68-22-17-62(6)91(112,126-68)84(108)87(109)101-28-13-12-16-71(101)88(110)123-76(69(92)49-63-19-23-72(103)77(50-63)114-8)53-75(59(3)47-61(5)82(106)83(107)81(105)60(4)46-57)125-90(111)95-27-31-116-33-35-118-37-39-120-41-43-122-45-44-121-42-40-119-38-36-117-34-32-115-30-26-78(104)100-29-25-65-48-64(18-20-67(65)55-100)54-102-86-79(85(93)96-56-97-86)80(99-102)66-21-24-73-70(51-66)98-89(94)124-73/h9-11,14-15,18,20-21,24,47-48,51,56-57,59-60,62-63,68-69,71-72,74-77,82-83,103,106-107,112H,12-13,16-17,19,22-23,25-46,49-50,52-55,92H2,1-8H3,(H2,94,98)(H,95,111)(H2,93,96,97)/b11-9+,14-10+,58-15+,61-47+/t57-,59-,60-,62-,63+,68+,69-,71+,72-,74+,75-,76+,77-,82-,83+,91-/m1/s1. The molecule has 0 spiro atoms. The summed E-state index contributed by atoms with van der Waals surface area (Å²) < 4.78 is 82.9. The number of ketones is 2. The monoisotopic (exact) mass is 1760 g/mol. The predicted octanol–water partition coefficient (Wildman–Crippen LogP) is 7.01. The van der Waals surface area contributed by atoms with E-state index in [9.17, 15) is 49.2 Å². The lowest BCUT2D eigenvalue weighted by atomic mass is 9.80. The van der Waals surface area contributed by atoms with Gasteiger partial charge in [-0.05, 0) is 142 Å². The number of carbonyl (C=O) groups excluding carboxylic acids is 6. The summed E-state index contributed by atoms with van der Waals surface area (Å²) in [5.41, 5.74) is 26.8. The van der Waals surface area contributed by atoms with Gasteiger partial charge in [-0.25, -0.2) is 24.2 Å². The smallest absolute Gasteiger partial charge is 0.407 e. The molecule has 0 unspecified atom stereocenters. The van der Waals surface area contributed by atoms with Crippen molar-refractivity contribution in [1.29, 1.82) is 0 Å². The molecule has 0 radical (unpaired) electrons. The van der Waals surface area contributed by atoms with Crippen LogP contribution >= 0.6 is 0 Å². The second kappa shape index (κ2) is 50.4. The van der Waals surface area contributed by atoms with E-state index in [0.717, 1.165) is 33.6 Å². The molecule has 3 fully saturated rings. The lowest BCUT2D eigenvalue weighted by Gasteiger charge is -2.43. The van der Waals surface area contributed by atoms with Crippen LogP contribution in [0.1, 0.15) is 142 Å². The number of ether oxygens (including phenoxy) is 13. The highest BCUT2D eigenvalue weighted by Gasteiger charge is 2.53. The quantitative estimate of drug-likeness (QED) is 0.00864. The average molecular weight is 1770 g/mol. The van der Waals surface area contributed by atoms with Crippen molar-refractivity contribution in [1.82, 2.24) is 39.8 Å². The molecule has 35 nitrogen and oxygen atoms in total. The largest absolute Gasteiger partial charge is 0.459 e. The van der Waals surface area contributed by atoms with Gasteiger partial charge >= 0.3 is 12.1 Å². The van der Waals surface area contributed by atoms with Gasteiger partial charge in [0, 0.05) is 82.6 Å². The number of methoxy groups -OCH3 is 2. The minimum atomic E-state index is -2.52. The number of hydrogen-bond donors (Lipinski definition) is 8. The number of rotatable bonds is 36. The van der Waals surface area contributed by atoms with E-state index >= 15 is 0 Å². The van der Waals surface area contributed by atoms with Gasteiger partial charge in [0.1, 0.15) is 53.8 Å². The van der Waals surface area contributed by atoms with Gasteiger partial charge in [-0.2, -0.15) is 10.1 Å². The van der Waals surface area contributed by atoms with E-state index in [1.54, 1.807) is 46.9 Å². The number of aliphatic hydroxyl groups is 4. The van der Waals surface area contributed by atoms with Crippen LogP contribution in [-0.4, -0.2) is 297 Å². The van der Waals surface area contributed by atoms with E-state index in [1.807, 2.05) is 65.9 Å². The number of carbonyl (C=O) groups is 6. The van der Waals surface area contributed by atoms with Crippen molar-refractivity contribution in [2.24, 2.45) is 35.3 Å². The lowest BCUT2D eigenvalue weighted by Crippen LogP contribution is -2.61. The number of Topliss-reactive ketones (excluding diaryl/α,β-unsaturated/α-hetero) is 2. The van der Waals surface area contributed by atoms with Crippen molar-refractivity contribution in [2.45, 2.75) is 211 Å². The molecule has 5 aliphatic rings. The molecule has 696 valence electrons. The van der Waals surface area contributed by atoms with E-state index in [0.29, 0.717) is 184 Å². The fourth-order valence-electron chi connectivity index (χ4n) is 16.8. The number of amides is 3. The third-order valence-corrected chi connectivity index (χ3v) is 24.2. The first kappa shape index (κ1) is 99.6. The van der Waals surface area contributed by atoms with Gasteiger partial charge in [0.25, 0.3) is 17.7 Å². The second-order valence-corrected chi connectivity index (χ2v) is 33.6. The van der Waals surface area contributed by atoms with Crippen LogP contribution in [0.4, 0.5) is 16.6 Å². The molecule has 2 saturated heterocycles. The Bertz CT molecular complexity index is 4440. The fourth-order valence-corrected chi connectivity index (χ4v) is 16.8. The first-order chi connectivity index (χ1) is 60.7. The Morgan fingerprint density at radius 3 is 2.05 bits per heavy atom. The number of nitrogen functional groups attached to an aromatic ring is 2. The molecule has 1 saturated carbocycles. The maximum absolute atomic E-state index is 14.9. The summed E-state index contributed by atoms with van der Waals surface area (Å²) in [5, 5.41) is 54.3. The normalized spacial score (nSPS) is 27.7. The number of anilines is 2. The van der Waals surface area contributed by atoms with Crippen molar-refractivity contribution in [3.8, 4) is 11.3 Å². The number of aromatic nitrogens is 5. The molecular weight excluding hydrogens is 1630 g/mol. The van der Waals surface area contributed by atoms with Crippen molar-refractivity contribution in [3.63, 3.8) is 0 Å².